The summed E-state index contributed by atoms with van der Waals surface area (Å²) in [5.41, 5.74) is 2.14. The molecule has 6 nitrogen and oxygen atoms in total. The monoisotopic (exact) mass is 361 g/mol. The normalized spacial score (nSPS) is 13.1. The second-order valence-electron chi connectivity index (χ2n) is 6.36. The smallest absolute Gasteiger partial charge is 0.251 e. The fourth-order valence-electron chi connectivity index (χ4n) is 2.61. The van der Waals surface area contributed by atoms with Gasteiger partial charge in [0.15, 0.2) is 0 Å². The Morgan fingerprint density at radius 3 is 2.44 bits per heavy atom. The second-order valence-corrected chi connectivity index (χ2v) is 6.36. The van der Waals surface area contributed by atoms with E-state index in [1.807, 2.05) is 36.4 Å². The number of benzene rings is 2. The SMILES string of the molecule is COc1ccc(Oc2ccc(-c3cccc(C(=O)NC4CC4)c3)nn2)cc1. The molecule has 0 spiro atoms. The van der Waals surface area contributed by atoms with E-state index in [0.717, 1.165) is 24.2 Å². The maximum Gasteiger partial charge on any atom is 0.251 e. The van der Waals surface area contributed by atoms with Crippen LogP contribution >= 0.6 is 0 Å². The third kappa shape index (κ3) is 4.23. The molecular formula is C21H19N3O3. The van der Waals surface area contributed by atoms with Gasteiger partial charge in [0.05, 0.1) is 12.8 Å². The van der Waals surface area contributed by atoms with Crippen molar-refractivity contribution in [2.24, 2.45) is 0 Å². The molecule has 3 aromatic rings. The minimum atomic E-state index is -0.0493. The number of hydrogen-bond donors (Lipinski definition) is 1. The summed E-state index contributed by atoms with van der Waals surface area (Å²) in [4.78, 5) is 12.2. The van der Waals surface area contributed by atoms with E-state index in [4.69, 9.17) is 9.47 Å². The average Bonchev–Trinajstić information content (AvgIpc) is 3.53. The van der Waals surface area contributed by atoms with Crippen LogP contribution in [0, 0.1) is 0 Å². The van der Waals surface area contributed by atoms with E-state index >= 15 is 0 Å². The molecule has 2 aromatic carbocycles. The van der Waals surface area contributed by atoms with Crippen LogP contribution in [0.4, 0.5) is 0 Å². The molecule has 1 aliphatic carbocycles. The summed E-state index contributed by atoms with van der Waals surface area (Å²) in [6.07, 6.45) is 2.12. The molecule has 27 heavy (non-hydrogen) atoms. The summed E-state index contributed by atoms with van der Waals surface area (Å²) in [5, 5.41) is 11.3. The van der Waals surface area contributed by atoms with Gasteiger partial charge in [0.2, 0.25) is 5.88 Å². The number of carbonyl (C=O) groups is 1. The highest BCUT2D eigenvalue weighted by molar-refractivity contribution is 5.95. The minimum absolute atomic E-state index is 0.0493. The first-order chi connectivity index (χ1) is 13.2. The first-order valence-electron chi connectivity index (χ1n) is 8.78. The van der Waals surface area contributed by atoms with Gasteiger partial charge in [-0.2, -0.15) is 0 Å². The molecule has 1 heterocycles. The summed E-state index contributed by atoms with van der Waals surface area (Å²) in [5.74, 6) is 1.75. The molecule has 1 aliphatic rings. The molecule has 1 fully saturated rings. The van der Waals surface area contributed by atoms with Gasteiger partial charge in [-0.25, -0.2) is 0 Å². The van der Waals surface area contributed by atoms with E-state index in [2.05, 4.69) is 15.5 Å². The van der Waals surface area contributed by atoms with Gasteiger partial charge >= 0.3 is 0 Å². The summed E-state index contributed by atoms with van der Waals surface area (Å²) >= 11 is 0. The van der Waals surface area contributed by atoms with Crippen LogP contribution in [0.5, 0.6) is 17.4 Å². The molecule has 1 saturated carbocycles. The van der Waals surface area contributed by atoms with Crippen molar-refractivity contribution in [3.8, 4) is 28.6 Å². The number of carbonyl (C=O) groups excluding carboxylic acids is 1. The average molecular weight is 361 g/mol. The van der Waals surface area contributed by atoms with E-state index in [1.165, 1.54) is 0 Å². The second kappa shape index (κ2) is 7.45. The Kier molecular flexibility index (Phi) is 4.70. The zero-order valence-electron chi connectivity index (χ0n) is 14.9. The number of amides is 1. The van der Waals surface area contributed by atoms with Gasteiger partial charge in [0, 0.05) is 23.2 Å². The third-order valence-electron chi connectivity index (χ3n) is 4.26. The van der Waals surface area contributed by atoms with Crippen molar-refractivity contribution < 1.29 is 14.3 Å². The first kappa shape index (κ1) is 17.0. The zero-order valence-corrected chi connectivity index (χ0v) is 14.9. The lowest BCUT2D eigenvalue weighted by molar-refractivity contribution is 0.0951. The number of nitrogens with one attached hydrogen (secondary N) is 1. The van der Waals surface area contributed by atoms with Crippen LogP contribution in [-0.2, 0) is 0 Å². The summed E-state index contributed by atoms with van der Waals surface area (Å²) in [6.45, 7) is 0. The molecule has 0 aliphatic heterocycles. The Morgan fingerprint density at radius 1 is 1.00 bits per heavy atom. The van der Waals surface area contributed by atoms with E-state index in [-0.39, 0.29) is 5.91 Å². The van der Waals surface area contributed by atoms with E-state index < -0.39 is 0 Å². The number of aromatic nitrogens is 2. The number of ether oxygens (including phenoxy) is 2. The van der Waals surface area contributed by atoms with Crippen molar-refractivity contribution in [3.63, 3.8) is 0 Å². The van der Waals surface area contributed by atoms with Crippen LogP contribution in [0.15, 0.2) is 60.7 Å². The van der Waals surface area contributed by atoms with Crippen LogP contribution in [-0.4, -0.2) is 29.3 Å². The Morgan fingerprint density at radius 2 is 1.78 bits per heavy atom. The van der Waals surface area contributed by atoms with Gasteiger partial charge in [0.25, 0.3) is 5.91 Å². The molecule has 4 rings (SSSR count). The van der Waals surface area contributed by atoms with Crippen molar-refractivity contribution in [1.29, 1.82) is 0 Å². The number of rotatable bonds is 6. The number of methoxy groups -OCH3 is 1. The standard InChI is InChI=1S/C21H19N3O3/c1-26-17-7-9-18(10-8-17)27-20-12-11-19(23-24-20)14-3-2-4-15(13-14)21(25)22-16-5-6-16/h2-4,7-13,16H,5-6H2,1H3,(H,22,25). The van der Waals surface area contributed by atoms with Crippen molar-refractivity contribution in [2.45, 2.75) is 18.9 Å². The van der Waals surface area contributed by atoms with Crippen LogP contribution < -0.4 is 14.8 Å². The van der Waals surface area contributed by atoms with Crippen LogP contribution in [0.25, 0.3) is 11.3 Å². The van der Waals surface area contributed by atoms with Crippen molar-refractivity contribution in [3.05, 3.63) is 66.2 Å². The van der Waals surface area contributed by atoms with E-state index in [0.29, 0.717) is 28.9 Å². The molecule has 1 aromatic heterocycles. The summed E-state index contributed by atoms with van der Waals surface area (Å²) in [6, 6.07) is 18.5. The van der Waals surface area contributed by atoms with Gasteiger partial charge in [-0.3, -0.25) is 4.79 Å². The lowest BCUT2D eigenvalue weighted by Crippen LogP contribution is -2.25. The molecule has 136 valence electrons. The zero-order chi connectivity index (χ0) is 18.6. The molecule has 1 amide bonds. The van der Waals surface area contributed by atoms with Crippen LogP contribution in [0.2, 0.25) is 0 Å². The molecule has 0 atom stereocenters. The molecule has 0 bridgehead atoms. The van der Waals surface area contributed by atoms with Gasteiger partial charge < -0.3 is 14.8 Å². The predicted octanol–water partition coefficient (Wildman–Crippen LogP) is 3.84. The fraction of sp³-hybridized carbons (Fsp3) is 0.190. The van der Waals surface area contributed by atoms with Gasteiger partial charge in [0.1, 0.15) is 11.5 Å². The molecule has 0 unspecified atom stereocenters. The minimum Gasteiger partial charge on any atom is -0.497 e. The molecular weight excluding hydrogens is 342 g/mol. The molecule has 0 saturated heterocycles. The Labute approximate surface area is 157 Å². The summed E-state index contributed by atoms with van der Waals surface area (Å²) < 4.78 is 10.8. The van der Waals surface area contributed by atoms with Crippen molar-refractivity contribution in [1.82, 2.24) is 15.5 Å². The van der Waals surface area contributed by atoms with Gasteiger partial charge in [-0.05, 0) is 55.3 Å². The maximum atomic E-state index is 12.2. The molecule has 6 heteroatoms. The van der Waals surface area contributed by atoms with Gasteiger partial charge in [-0.15, -0.1) is 10.2 Å². The Hall–Kier alpha value is -3.41. The predicted molar refractivity (Wildman–Crippen MR) is 101 cm³/mol. The Bertz CT molecular complexity index is 936. The van der Waals surface area contributed by atoms with Crippen LogP contribution in [0.3, 0.4) is 0 Å². The van der Waals surface area contributed by atoms with Crippen molar-refractivity contribution >= 4 is 5.91 Å². The highest BCUT2D eigenvalue weighted by Crippen LogP contribution is 2.24. The fourth-order valence-corrected chi connectivity index (χ4v) is 2.61. The number of nitrogens with zero attached hydrogens (tertiary/aromatic N) is 2. The third-order valence-corrected chi connectivity index (χ3v) is 4.26. The molecule has 0 radical (unpaired) electrons. The summed E-state index contributed by atoms with van der Waals surface area (Å²) in [7, 11) is 1.62. The van der Waals surface area contributed by atoms with E-state index in [1.54, 1.807) is 31.4 Å². The highest BCUT2D eigenvalue weighted by Gasteiger charge is 2.23. The quantitative estimate of drug-likeness (QED) is 0.722. The largest absolute Gasteiger partial charge is 0.497 e. The van der Waals surface area contributed by atoms with E-state index in [9.17, 15) is 4.79 Å². The van der Waals surface area contributed by atoms with Gasteiger partial charge in [-0.1, -0.05) is 12.1 Å². The topological polar surface area (TPSA) is 73.3 Å². The lowest BCUT2D eigenvalue weighted by Gasteiger charge is -2.07. The Balaban J connectivity index is 1.47. The number of hydrogen-bond acceptors (Lipinski definition) is 5. The maximum absolute atomic E-state index is 12.2. The molecule has 1 N–H and O–H groups in total. The highest BCUT2D eigenvalue weighted by atomic mass is 16.5. The first-order valence-corrected chi connectivity index (χ1v) is 8.78. The van der Waals surface area contributed by atoms with Crippen LogP contribution in [0.1, 0.15) is 23.2 Å². The van der Waals surface area contributed by atoms with Crippen molar-refractivity contribution in [2.75, 3.05) is 7.11 Å². The lowest BCUT2D eigenvalue weighted by atomic mass is 10.1.